The van der Waals surface area contributed by atoms with Gasteiger partial charge in [0.25, 0.3) is 0 Å². The smallest absolute Gasteiger partial charge is 0.387 e. The summed E-state index contributed by atoms with van der Waals surface area (Å²) in [7, 11) is 3.68. The topological polar surface area (TPSA) is 50.8 Å². The van der Waals surface area contributed by atoms with Gasteiger partial charge in [0.2, 0.25) is 0 Å². The molecule has 2 rings (SSSR count). The molecule has 4 nitrogen and oxygen atoms in total. The van der Waals surface area contributed by atoms with Crippen molar-refractivity contribution in [3.63, 3.8) is 0 Å². The second-order valence-electron chi connectivity index (χ2n) is 4.74. The number of alkyl halides is 2. The Kier molecular flexibility index (Phi) is 3.87. The van der Waals surface area contributed by atoms with Gasteiger partial charge in [-0.3, -0.25) is 0 Å². The van der Waals surface area contributed by atoms with Crippen LogP contribution in [0.1, 0.15) is 17.9 Å². The van der Waals surface area contributed by atoms with E-state index in [-0.39, 0.29) is 11.8 Å². The molecule has 2 atom stereocenters. The zero-order valence-electron chi connectivity index (χ0n) is 10.9. The van der Waals surface area contributed by atoms with Crippen LogP contribution in [0.25, 0.3) is 0 Å². The summed E-state index contributed by atoms with van der Waals surface area (Å²) in [5.74, 6) is 0.997. The van der Waals surface area contributed by atoms with Gasteiger partial charge in [0, 0.05) is 20.0 Å². The number of nitrogens with two attached hydrogens (primary N) is 1. The number of nitrogens with zero attached hydrogens (tertiary/aromatic N) is 2. The van der Waals surface area contributed by atoms with Crippen molar-refractivity contribution in [3.8, 4) is 5.75 Å². The molecule has 1 aliphatic rings. The van der Waals surface area contributed by atoms with Crippen LogP contribution >= 0.6 is 0 Å². The molecule has 19 heavy (non-hydrogen) atoms. The van der Waals surface area contributed by atoms with E-state index < -0.39 is 6.61 Å². The van der Waals surface area contributed by atoms with E-state index in [4.69, 9.17) is 5.73 Å². The summed E-state index contributed by atoms with van der Waals surface area (Å²) in [6.45, 7) is -2.79. The van der Waals surface area contributed by atoms with Crippen molar-refractivity contribution in [2.45, 2.75) is 25.0 Å². The van der Waals surface area contributed by atoms with E-state index in [1.165, 1.54) is 0 Å². The predicted octanol–water partition coefficient (Wildman–Crippen LogP) is 2.02. The Hall–Kier alpha value is -1.85. The summed E-state index contributed by atoms with van der Waals surface area (Å²) in [5.41, 5.74) is 6.82. The number of ether oxygens (including phenoxy) is 1. The number of hydrogen-bond acceptors (Lipinski definition) is 2. The molecule has 0 heterocycles. The van der Waals surface area contributed by atoms with Crippen molar-refractivity contribution in [1.29, 1.82) is 0 Å². The first kappa shape index (κ1) is 13.6. The molecule has 0 amide bonds. The van der Waals surface area contributed by atoms with Gasteiger partial charge < -0.3 is 15.4 Å². The van der Waals surface area contributed by atoms with Crippen LogP contribution in [-0.4, -0.2) is 37.6 Å². The first-order valence-corrected chi connectivity index (χ1v) is 6.02. The molecule has 0 aromatic heterocycles. The van der Waals surface area contributed by atoms with Crippen LogP contribution in [0.4, 0.5) is 8.78 Å². The Morgan fingerprint density at radius 2 is 2.00 bits per heavy atom. The van der Waals surface area contributed by atoms with E-state index in [0.717, 1.165) is 12.0 Å². The molecular formula is C13H17F2N3O. The van der Waals surface area contributed by atoms with Crippen LogP contribution in [0.3, 0.4) is 0 Å². The second-order valence-corrected chi connectivity index (χ2v) is 4.74. The standard InChI is InChI=1S/C13H17F2N3O/c1-18(2)13(16)17-11-7-10(11)8-3-5-9(6-4-8)19-12(14)15/h3-6,10-12H,7H2,1-2H3,(H2,16,17)/t10-,11+/m0/s1. The lowest BCUT2D eigenvalue weighted by Gasteiger charge is -2.10. The van der Waals surface area contributed by atoms with Crippen molar-refractivity contribution >= 4 is 5.96 Å². The molecule has 1 saturated carbocycles. The second kappa shape index (κ2) is 5.42. The first-order chi connectivity index (χ1) is 8.97. The predicted molar refractivity (Wildman–Crippen MR) is 69.5 cm³/mol. The maximum Gasteiger partial charge on any atom is 0.387 e. The number of guanidine groups is 1. The minimum Gasteiger partial charge on any atom is -0.435 e. The Morgan fingerprint density at radius 1 is 1.37 bits per heavy atom. The lowest BCUT2D eigenvalue weighted by Crippen LogP contribution is -2.30. The van der Waals surface area contributed by atoms with Crippen LogP contribution in [0, 0.1) is 0 Å². The Bertz CT molecular complexity index is 459. The largest absolute Gasteiger partial charge is 0.435 e. The summed E-state index contributed by atoms with van der Waals surface area (Å²) in [6.07, 6.45) is 0.934. The van der Waals surface area contributed by atoms with Gasteiger partial charge in [0.05, 0.1) is 6.04 Å². The highest BCUT2D eigenvalue weighted by molar-refractivity contribution is 5.78. The minimum atomic E-state index is -2.79. The van der Waals surface area contributed by atoms with Crippen molar-refractivity contribution in [3.05, 3.63) is 29.8 Å². The monoisotopic (exact) mass is 269 g/mol. The molecule has 1 aliphatic carbocycles. The van der Waals surface area contributed by atoms with Gasteiger partial charge in [0.1, 0.15) is 5.75 Å². The molecule has 0 radical (unpaired) electrons. The van der Waals surface area contributed by atoms with Gasteiger partial charge in [-0.15, -0.1) is 0 Å². The summed E-state index contributed by atoms with van der Waals surface area (Å²) in [6, 6.07) is 6.88. The van der Waals surface area contributed by atoms with Crippen LogP contribution in [0.15, 0.2) is 29.3 Å². The molecule has 0 saturated heterocycles. The lowest BCUT2D eigenvalue weighted by molar-refractivity contribution is -0.0498. The highest BCUT2D eigenvalue weighted by atomic mass is 19.3. The molecule has 0 bridgehead atoms. The maximum atomic E-state index is 12.0. The van der Waals surface area contributed by atoms with Gasteiger partial charge in [-0.2, -0.15) is 8.78 Å². The van der Waals surface area contributed by atoms with Crippen molar-refractivity contribution in [1.82, 2.24) is 4.90 Å². The first-order valence-electron chi connectivity index (χ1n) is 6.02. The van der Waals surface area contributed by atoms with Gasteiger partial charge in [-0.1, -0.05) is 12.1 Å². The van der Waals surface area contributed by atoms with E-state index in [1.807, 2.05) is 14.1 Å². The third-order valence-electron chi connectivity index (χ3n) is 3.05. The minimum absolute atomic E-state index is 0.173. The Morgan fingerprint density at radius 3 is 2.53 bits per heavy atom. The Balaban J connectivity index is 1.96. The third-order valence-corrected chi connectivity index (χ3v) is 3.05. The highest BCUT2D eigenvalue weighted by Gasteiger charge is 2.38. The average Bonchev–Trinajstić information content (AvgIpc) is 3.08. The third kappa shape index (κ3) is 3.56. The maximum absolute atomic E-state index is 12.0. The normalized spacial score (nSPS) is 22.5. The van der Waals surface area contributed by atoms with Crippen molar-refractivity contribution < 1.29 is 13.5 Å². The molecule has 1 aromatic carbocycles. The molecule has 104 valence electrons. The number of halogens is 2. The summed E-state index contributed by atoms with van der Waals surface area (Å²) < 4.78 is 28.3. The fourth-order valence-electron chi connectivity index (χ4n) is 1.86. The van der Waals surface area contributed by atoms with Crippen molar-refractivity contribution in [2.75, 3.05) is 14.1 Å². The Labute approximate surface area is 110 Å². The summed E-state index contributed by atoms with van der Waals surface area (Å²) in [5, 5.41) is 0. The zero-order chi connectivity index (χ0) is 14.0. The van der Waals surface area contributed by atoms with E-state index >= 15 is 0 Å². The zero-order valence-corrected chi connectivity index (χ0v) is 10.9. The van der Waals surface area contributed by atoms with Crippen LogP contribution in [-0.2, 0) is 0 Å². The molecule has 6 heteroatoms. The van der Waals surface area contributed by atoms with E-state index in [0.29, 0.717) is 11.9 Å². The van der Waals surface area contributed by atoms with Crippen LogP contribution < -0.4 is 10.5 Å². The summed E-state index contributed by atoms with van der Waals surface area (Å²) >= 11 is 0. The highest BCUT2D eigenvalue weighted by Crippen LogP contribution is 2.43. The fraction of sp³-hybridized carbons (Fsp3) is 0.462. The quantitative estimate of drug-likeness (QED) is 0.672. The van der Waals surface area contributed by atoms with Gasteiger partial charge >= 0.3 is 6.61 Å². The van der Waals surface area contributed by atoms with E-state index in [9.17, 15) is 8.78 Å². The van der Waals surface area contributed by atoms with E-state index in [2.05, 4.69) is 9.73 Å². The van der Waals surface area contributed by atoms with Gasteiger partial charge in [-0.25, -0.2) is 4.99 Å². The molecule has 0 aliphatic heterocycles. The summed E-state index contributed by atoms with van der Waals surface area (Å²) in [4.78, 5) is 6.14. The molecule has 0 unspecified atom stereocenters. The van der Waals surface area contributed by atoms with Crippen LogP contribution in [0.5, 0.6) is 5.75 Å². The fourth-order valence-corrected chi connectivity index (χ4v) is 1.86. The molecule has 2 N–H and O–H groups in total. The van der Waals surface area contributed by atoms with Gasteiger partial charge in [0.15, 0.2) is 5.96 Å². The van der Waals surface area contributed by atoms with Crippen molar-refractivity contribution in [2.24, 2.45) is 10.7 Å². The molecule has 1 fully saturated rings. The lowest BCUT2D eigenvalue weighted by atomic mass is 10.1. The number of hydrogen-bond donors (Lipinski definition) is 1. The van der Waals surface area contributed by atoms with E-state index in [1.54, 1.807) is 29.2 Å². The molecular weight excluding hydrogens is 252 g/mol. The number of benzene rings is 1. The number of rotatable bonds is 4. The average molecular weight is 269 g/mol. The SMILES string of the molecule is CN(C)C(N)=N[C@@H]1C[C@H]1c1ccc(OC(F)F)cc1. The van der Waals surface area contributed by atoms with Gasteiger partial charge in [-0.05, 0) is 24.1 Å². The molecule has 0 spiro atoms. The number of aliphatic imine (C=N–C) groups is 1. The van der Waals surface area contributed by atoms with Crippen LogP contribution in [0.2, 0.25) is 0 Å². The molecule has 1 aromatic rings.